The molecule has 5 heteroatoms. The summed E-state index contributed by atoms with van der Waals surface area (Å²) in [5.74, 6) is 0. The SMILES string of the molecule is Nc1ccc(Cc2ccc(N)cc2)cc1.Nc1ccc(Sc2ccc(N)cc2)cc1. The Morgan fingerprint density at radius 1 is 0.400 bits per heavy atom. The van der Waals surface area contributed by atoms with E-state index in [0.717, 1.165) is 29.2 Å². The first-order valence-electron chi connectivity index (χ1n) is 9.56. The lowest BCUT2D eigenvalue weighted by atomic mass is 10.0. The summed E-state index contributed by atoms with van der Waals surface area (Å²) in [5, 5.41) is 0. The van der Waals surface area contributed by atoms with Gasteiger partial charge in [0.1, 0.15) is 0 Å². The van der Waals surface area contributed by atoms with Gasteiger partial charge in [-0.05, 0) is 90.3 Å². The van der Waals surface area contributed by atoms with Crippen LogP contribution in [-0.2, 0) is 6.42 Å². The fourth-order valence-corrected chi connectivity index (χ4v) is 3.53. The zero-order valence-corrected chi connectivity index (χ0v) is 17.5. The van der Waals surface area contributed by atoms with E-state index in [1.807, 2.05) is 97.1 Å². The molecule has 4 nitrogen and oxygen atoms in total. The summed E-state index contributed by atoms with van der Waals surface area (Å²) in [5.41, 5.74) is 28.2. The number of nitrogens with two attached hydrogens (primary N) is 4. The Morgan fingerprint density at radius 2 is 0.667 bits per heavy atom. The average Bonchev–Trinajstić information content (AvgIpc) is 2.75. The lowest BCUT2D eigenvalue weighted by Crippen LogP contribution is -1.90. The van der Waals surface area contributed by atoms with Crippen molar-refractivity contribution >= 4 is 34.5 Å². The van der Waals surface area contributed by atoms with Crippen LogP contribution >= 0.6 is 11.8 Å². The van der Waals surface area contributed by atoms with Crippen LogP contribution in [0.1, 0.15) is 11.1 Å². The van der Waals surface area contributed by atoms with E-state index in [0.29, 0.717) is 0 Å². The van der Waals surface area contributed by atoms with Crippen molar-refractivity contribution in [1.82, 2.24) is 0 Å². The number of benzene rings is 4. The first-order chi connectivity index (χ1) is 14.5. The maximum absolute atomic E-state index is 5.62. The summed E-state index contributed by atoms with van der Waals surface area (Å²) >= 11 is 1.69. The molecular formula is C25H26N4S. The van der Waals surface area contributed by atoms with Gasteiger partial charge in [0.05, 0.1) is 0 Å². The lowest BCUT2D eigenvalue weighted by Gasteiger charge is -2.02. The Labute approximate surface area is 181 Å². The van der Waals surface area contributed by atoms with E-state index in [9.17, 15) is 0 Å². The highest BCUT2D eigenvalue weighted by molar-refractivity contribution is 7.99. The second-order valence-corrected chi connectivity index (χ2v) is 8.05. The Kier molecular flexibility index (Phi) is 7.24. The molecule has 0 heterocycles. The summed E-state index contributed by atoms with van der Waals surface area (Å²) < 4.78 is 0. The number of anilines is 4. The zero-order valence-electron chi connectivity index (χ0n) is 16.7. The van der Waals surface area contributed by atoms with Crippen LogP contribution in [-0.4, -0.2) is 0 Å². The van der Waals surface area contributed by atoms with E-state index < -0.39 is 0 Å². The summed E-state index contributed by atoms with van der Waals surface area (Å²) in [6.07, 6.45) is 0.917. The van der Waals surface area contributed by atoms with Gasteiger partial charge in [-0.25, -0.2) is 0 Å². The first kappa shape index (κ1) is 21.1. The van der Waals surface area contributed by atoms with Crippen LogP contribution in [0, 0.1) is 0 Å². The van der Waals surface area contributed by atoms with Crippen molar-refractivity contribution < 1.29 is 0 Å². The molecule has 0 saturated carbocycles. The van der Waals surface area contributed by atoms with Crippen LogP contribution in [0.3, 0.4) is 0 Å². The molecule has 4 aromatic rings. The van der Waals surface area contributed by atoms with Crippen LogP contribution in [0.15, 0.2) is 107 Å². The van der Waals surface area contributed by atoms with Gasteiger partial charge in [0.25, 0.3) is 0 Å². The maximum atomic E-state index is 5.62. The Bertz CT molecular complexity index is 866. The van der Waals surface area contributed by atoms with Gasteiger partial charge in [0.2, 0.25) is 0 Å². The molecule has 0 bridgehead atoms. The largest absolute Gasteiger partial charge is 0.399 e. The van der Waals surface area contributed by atoms with Crippen LogP contribution in [0.5, 0.6) is 0 Å². The summed E-state index contributed by atoms with van der Waals surface area (Å²) in [6.45, 7) is 0. The zero-order chi connectivity index (χ0) is 21.3. The molecule has 0 unspecified atom stereocenters. The van der Waals surface area contributed by atoms with Crippen LogP contribution < -0.4 is 22.9 Å². The van der Waals surface area contributed by atoms with Gasteiger partial charge in [-0.3, -0.25) is 0 Å². The molecule has 30 heavy (non-hydrogen) atoms. The molecule has 0 fully saturated rings. The molecule has 0 aliphatic heterocycles. The second kappa shape index (κ2) is 10.3. The normalized spacial score (nSPS) is 10.1. The minimum Gasteiger partial charge on any atom is -0.399 e. The molecule has 8 N–H and O–H groups in total. The highest BCUT2D eigenvalue weighted by Gasteiger charge is 1.97. The quantitative estimate of drug-likeness (QED) is 0.333. The highest BCUT2D eigenvalue weighted by atomic mass is 32.2. The van der Waals surface area contributed by atoms with Crippen molar-refractivity contribution in [2.75, 3.05) is 22.9 Å². The molecule has 0 spiro atoms. The van der Waals surface area contributed by atoms with Crippen LogP contribution in [0.4, 0.5) is 22.7 Å². The van der Waals surface area contributed by atoms with Gasteiger partial charge in [-0.15, -0.1) is 0 Å². The maximum Gasteiger partial charge on any atom is 0.0314 e. The molecule has 0 aromatic heterocycles. The van der Waals surface area contributed by atoms with E-state index in [2.05, 4.69) is 0 Å². The van der Waals surface area contributed by atoms with Crippen molar-refractivity contribution in [2.24, 2.45) is 0 Å². The molecule has 0 atom stereocenters. The smallest absolute Gasteiger partial charge is 0.0314 e. The highest BCUT2D eigenvalue weighted by Crippen LogP contribution is 2.28. The first-order valence-corrected chi connectivity index (χ1v) is 10.4. The molecule has 0 aliphatic rings. The van der Waals surface area contributed by atoms with E-state index in [1.54, 1.807) is 11.8 Å². The molecule has 0 amide bonds. The molecule has 4 rings (SSSR count). The van der Waals surface area contributed by atoms with Gasteiger partial charge >= 0.3 is 0 Å². The number of hydrogen-bond acceptors (Lipinski definition) is 5. The Morgan fingerprint density at radius 3 is 0.967 bits per heavy atom. The van der Waals surface area contributed by atoms with Crippen LogP contribution in [0.25, 0.3) is 0 Å². The monoisotopic (exact) mass is 414 g/mol. The third-order valence-electron chi connectivity index (χ3n) is 4.36. The molecule has 4 aromatic carbocycles. The predicted octanol–water partition coefficient (Wildman–Crippen LogP) is 5.44. The number of nitrogen functional groups attached to an aromatic ring is 4. The summed E-state index contributed by atoms with van der Waals surface area (Å²) in [7, 11) is 0. The van der Waals surface area contributed by atoms with Crippen LogP contribution in [0.2, 0.25) is 0 Å². The fourth-order valence-electron chi connectivity index (χ4n) is 2.71. The van der Waals surface area contributed by atoms with Gasteiger partial charge in [-0.2, -0.15) is 0 Å². The molecular weight excluding hydrogens is 388 g/mol. The fraction of sp³-hybridized carbons (Fsp3) is 0.0400. The predicted molar refractivity (Wildman–Crippen MR) is 130 cm³/mol. The van der Waals surface area contributed by atoms with Crippen molar-refractivity contribution in [1.29, 1.82) is 0 Å². The Balaban J connectivity index is 0.000000171. The molecule has 152 valence electrons. The van der Waals surface area contributed by atoms with Crippen molar-refractivity contribution in [3.8, 4) is 0 Å². The van der Waals surface area contributed by atoms with Gasteiger partial charge in [0, 0.05) is 32.5 Å². The Hall–Kier alpha value is -3.57. The molecule has 0 radical (unpaired) electrons. The topological polar surface area (TPSA) is 104 Å². The third kappa shape index (κ3) is 6.79. The summed E-state index contributed by atoms with van der Waals surface area (Å²) in [6, 6.07) is 31.5. The minimum absolute atomic E-state index is 0.789. The number of hydrogen-bond donors (Lipinski definition) is 4. The van der Waals surface area contributed by atoms with Gasteiger partial charge < -0.3 is 22.9 Å². The van der Waals surface area contributed by atoms with Crippen molar-refractivity contribution in [3.05, 3.63) is 108 Å². The van der Waals surface area contributed by atoms with Crippen molar-refractivity contribution in [2.45, 2.75) is 16.2 Å². The minimum atomic E-state index is 0.789. The van der Waals surface area contributed by atoms with E-state index in [1.165, 1.54) is 20.9 Å². The summed E-state index contributed by atoms with van der Waals surface area (Å²) in [4.78, 5) is 2.35. The van der Waals surface area contributed by atoms with Gasteiger partial charge in [0.15, 0.2) is 0 Å². The van der Waals surface area contributed by atoms with Gasteiger partial charge in [-0.1, -0.05) is 36.0 Å². The standard InChI is InChI=1S/C13H14N2.C12H12N2S/c14-12-5-1-10(2-6-12)9-11-3-7-13(15)8-4-11;13-9-1-5-11(6-2-9)15-12-7-3-10(14)4-8-12/h1-8H,9,14-15H2;1-8H,13-14H2. The third-order valence-corrected chi connectivity index (χ3v) is 5.38. The average molecular weight is 415 g/mol. The van der Waals surface area contributed by atoms with E-state index >= 15 is 0 Å². The second-order valence-electron chi connectivity index (χ2n) is 6.90. The van der Waals surface area contributed by atoms with E-state index in [-0.39, 0.29) is 0 Å². The lowest BCUT2D eigenvalue weighted by molar-refractivity contribution is 1.19. The number of rotatable bonds is 4. The molecule has 0 saturated heterocycles. The van der Waals surface area contributed by atoms with Crippen molar-refractivity contribution in [3.63, 3.8) is 0 Å². The van der Waals surface area contributed by atoms with E-state index in [4.69, 9.17) is 22.9 Å². The molecule has 0 aliphatic carbocycles.